The normalized spacial score (nSPS) is 11.0. The van der Waals surface area contributed by atoms with Gasteiger partial charge in [0.05, 0.1) is 18.3 Å². The summed E-state index contributed by atoms with van der Waals surface area (Å²) in [7, 11) is 0. The lowest BCUT2D eigenvalue weighted by Crippen LogP contribution is -2.25. The second-order valence-corrected chi connectivity index (χ2v) is 6.12. The highest BCUT2D eigenvalue weighted by Gasteiger charge is 2.08. The fraction of sp³-hybridized carbons (Fsp3) is 0.111. The van der Waals surface area contributed by atoms with Gasteiger partial charge in [0.25, 0.3) is 5.56 Å². The van der Waals surface area contributed by atoms with Crippen molar-refractivity contribution < 1.29 is 4.74 Å². The van der Waals surface area contributed by atoms with Crippen LogP contribution >= 0.6 is 11.6 Å². The molecule has 0 atom stereocenters. The standard InChI is InChI=1S/C18H14ClN5O2/c19-12-1-3-14(4-2-12)26-15-5-6-17-16(9-15)18(25)24(23-22-17)8-7-13-10-20-11-21-13/h1-6,9-11H,7-8H2,(H,20,21). The van der Waals surface area contributed by atoms with E-state index < -0.39 is 0 Å². The van der Waals surface area contributed by atoms with E-state index in [4.69, 9.17) is 16.3 Å². The number of imidazole rings is 1. The first-order valence-corrected chi connectivity index (χ1v) is 8.35. The first-order chi connectivity index (χ1) is 12.7. The van der Waals surface area contributed by atoms with E-state index in [1.165, 1.54) is 4.68 Å². The summed E-state index contributed by atoms with van der Waals surface area (Å²) in [5.41, 5.74) is 1.24. The zero-order chi connectivity index (χ0) is 17.9. The Hall–Kier alpha value is -3.19. The van der Waals surface area contributed by atoms with Crippen LogP contribution in [0.1, 0.15) is 5.69 Å². The van der Waals surface area contributed by atoms with E-state index in [0.29, 0.717) is 40.4 Å². The summed E-state index contributed by atoms with van der Waals surface area (Å²) in [6.07, 6.45) is 3.93. The lowest BCUT2D eigenvalue weighted by atomic mass is 10.2. The fourth-order valence-corrected chi connectivity index (χ4v) is 2.68. The summed E-state index contributed by atoms with van der Waals surface area (Å²) in [6.45, 7) is 0.409. The van der Waals surface area contributed by atoms with Crippen molar-refractivity contribution in [1.29, 1.82) is 0 Å². The molecular weight excluding hydrogens is 354 g/mol. The van der Waals surface area contributed by atoms with Gasteiger partial charge in [-0.2, -0.15) is 0 Å². The fourth-order valence-electron chi connectivity index (χ4n) is 2.55. The SMILES string of the molecule is O=c1c2cc(Oc3ccc(Cl)cc3)ccc2nnn1CCc1cnc[nH]1. The van der Waals surface area contributed by atoms with Gasteiger partial charge in [-0.15, -0.1) is 5.10 Å². The van der Waals surface area contributed by atoms with Crippen molar-refractivity contribution >= 4 is 22.5 Å². The van der Waals surface area contributed by atoms with Crippen molar-refractivity contribution in [2.75, 3.05) is 0 Å². The van der Waals surface area contributed by atoms with Gasteiger partial charge in [-0.1, -0.05) is 16.8 Å². The molecule has 0 spiro atoms. The van der Waals surface area contributed by atoms with E-state index in [1.807, 2.05) is 0 Å². The minimum atomic E-state index is -0.212. The van der Waals surface area contributed by atoms with Crippen LogP contribution in [0.5, 0.6) is 11.5 Å². The zero-order valence-corrected chi connectivity index (χ0v) is 14.3. The van der Waals surface area contributed by atoms with E-state index in [0.717, 1.165) is 5.69 Å². The molecule has 0 amide bonds. The summed E-state index contributed by atoms with van der Waals surface area (Å²) < 4.78 is 7.13. The second-order valence-electron chi connectivity index (χ2n) is 5.68. The molecule has 0 radical (unpaired) electrons. The molecule has 0 saturated carbocycles. The second kappa shape index (κ2) is 6.97. The Balaban J connectivity index is 1.62. The molecule has 2 aromatic carbocycles. The number of ether oxygens (including phenoxy) is 1. The number of fused-ring (bicyclic) bond motifs is 1. The molecule has 4 rings (SSSR count). The number of rotatable bonds is 5. The highest BCUT2D eigenvalue weighted by molar-refractivity contribution is 6.30. The van der Waals surface area contributed by atoms with Crippen molar-refractivity contribution in [3.63, 3.8) is 0 Å². The molecule has 2 heterocycles. The van der Waals surface area contributed by atoms with Crippen molar-refractivity contribution in [2.45, 2.75) is 13.0 Å². The van der Waals surface area contributed by atoms with Crippen LogP contribution in [0.25, 0.3) is 10.9 Å². The van der Waals surface area contributed by atoms with E-state index >= 15 is 0 Å². The Morgan fingerprint density at radius 1 is 1.12 bits per heavy atom. The molecule has 2 aromatic heterocycles. The summed E-state index contributed by atoms with van der Waals surface area (Å²) in [6, 6.07) is 12.2. The smallest absolute Gasteiger partial charge is 0.277 e. The molecule has 1 N–H and O–H groups in total. The van der Waals surface area contributed by atoms with Gasteiger partial charge in [-0.25, -0.2) is 9.67 Å². The molecule has 0 aliphatic carbocycles. The Kier molecular flexibility index (Phi) is 4.37. The Bertz CT molecular complexity index is 1090. The Morgan fingerprint density at radius 2 is 1.92 bits per heavy atom. The molecule has 7 nitrogen and oxygen atoms in total. The minimum absolute atomic E-state index is 0.212. The van der Waals surface area contributed by atoms with Crippen LogP contribution < -0.4 is 10.3 Å². The molecule has 8 heteroatoms. The van der Waals surface area contributed by atoms with Crippen LogP contribution in [0.3, 0.4) is 0 Å². The Labute approximate surface area is 153 Å². The van der Waals surface area contributed by atoms with E-state index in [9.17, 15) is 4.79 Å². The molecule has 0 aliphatic rings. The van der Waals surface area contributed by atoms with Crippen LogP contribution in [0.15, 0.2) is 59.8 Å². The number of benzene rings is 2. The predicted octanol–water partition coefficient (Wildman–Crippen LogP) is 3.20. The molecule has 4 aromatic rings. The third kappa shape index (κ3) is 3.43. The van der Waals surface area contributed by atoms with Crippen molar-refractivity contribution in [3.05, 3.63) is 76.1 Å². The highest BCUT2D eigenvalue weighted by atomic mass is 35.5. The minimum Gasteiger partial charge on any atom is -0.457 e. The third-order valence-corrected chi connectivity index (χ3v) is 4.14. The van der Waals surface area contributed by atoms with Gasteiger partial charge in [-0.05, 0) is 42.5 Å². The van der Waals surface area contributed by atoms with Gasteiger partial charge in [0, 0.05) is 23.3 Å². The summed E-state index contributed by atoms with van der Waals surface area (Å²) in [5.74, 6) is 1.18. The molecule has 26 heavy (non-hydrogen) atoms. The number of aromatic nitrogens is 5. The highest BCUT2D eigenvalue weighted by Crippen LogP contribution is 2.24. The molecular formula is C18H14ClN5O2. The van der Waals surface area contributed by atoms with Gasteiger partial charge in [0.2, 0.25) is 0 Å². The average molecular weight is 368 g/mol. The first-order valence-electron chi connectivity index (χ1n) is 7.97. The van der Waals surface area contributed by atoms with Gasteiger partial charge in [-0.3, -0.25) is 4.79 Å². The van der Waals surface area contributed by atoms with Gasteiger partial charge >= 0.3 is 0 Å². The van der Waals surface area contributed by atoms with Gasteiger partial charge in [0.1, 0.15) is 17.0 Å². The third-order valence-electron chi connectivity index (χ3n) is 3.89. The molecule has 0 aliphatic heterocycles. The molecule has 130 valence electrons. The van der Waals surface area contributed by atoms with Crippen LogP contribution in [0.4, 0.5) is 0 Å². The van der Waals surface area contributed by atoms with Gasteiger partial charge < -0.3 is 9.72 Å². The summed E-state index contributed by atoms with van der Waals surface area (Å²) in [5, 5.41) is 9.19. The molecule has 0 saturated heterocycles. The Morgan fingerprint density at radius 3 is 2.69 bits per heavy atom. The number of H-pyrrole nitrogens is 1. The van der Waals surface area contributed by atoms with Crippen LogP contribution in [0.2, 0.25) is 5.02 Å². The topological polar surface area (TPSA) is 85.7 Å². The van der Waals surface area contributed by atoms with E-state index in [-0.39, 0.29) is 5.56 Å². The van der Waals surface area contributed by atoms with E-state index in [2.05, 4.69) is 20.3 Å². The maximum Gasteiger partial charge on any atom is 0.277 e. The number of halogens is 1. The quantitative estimate of drug-likeness (QED) is 0.585. The number of aryl methyl sites for hydroxylation is 2. The van der Waals surface area contributed by atoms with Crippen LogP contribution in [-0.4, -0.2) is 25.0 Å². The maximum atomic E-state index is 12.7. The van der Waals surface area contributed by atoms with Crippen LogP contribution in [0, 0.1) is 0 Å². The maximum absolute atomic E-state index is 12.7. The number of aromatic amines is 1. The lowest BCUT2D eigenvalue weighted by molar-refractivity contribution is 0.483. The molecule has 0 unspecified atom stereocenters. The number of hydrogen-bond donors (Lipinski definition) is 1. The summed E-state index contributed by atoms with van der Waals surface area (Å²) in [4.78, 5) is 19.7. The number of nitrogens with one attached hydrogen (secondary N) is 1. The molecule has 0 bridgehead atoms. The van der Waals surface area contributed by atoms with Gasteiger partial charge in [0.15, 0.2) is 0 Å². The number of nitrogens with zero attached hydrogens (tertiary/aromatic N) is 4. The van der Waals surface area contributed by atoms with Crippen molar-refractivity contribution in [1.82, 2.24) is 25.0 Å². The predicted molar refractivity (Wildman–Crippen MR) is 97.6 cm³/mol. The van der Waals surface area contributed by atoms with E-state index in [1.54, 1.807) is 55.0 Å². The van der Waals surface area contributed by atoms with Crippen molar-refractivity contribution in [3.8, 4) is 11.5 Å². The molecule has 0 fully saturated rings. The number of hydrogen-bond acceptors (Lipinski definition) is 5. The largest absolute Gasteiger partial charge is 0.457 e. The zero-order valence-electron chi connectivity index (χ0n) is 13.6. The van der Waals surface area contributed by atoms with Crippen LogP contribution in [-0.2, 0) is 13.0 Å². The average Bonchev–Trinajstić information content (AvgIpc) is 3.17. The van der Waals surface area contributed by atoms with Crippen molar-refractivity contribution in [2.24, 2.45) is 0 Å². The summed E-state index contributed by atoms with van der Waals surface area (Å²) >= 11 is 5.88. The monoisotopic (exact) mass is 367 g/mol. The lowest BCUT2D eigenvalue weighted by Gasteiger charge is -2.08. The first kappa shape index (κ1) is 16.3.